The topological polar surface area (TPSA) is 109 Å². The molecular formula is C22H25F6N5O3. The number of carbonyl (C=O) groups is 2. The first kappa shape index (κ1) is 27.4. The summed E-state index contributed by atoms with van der Waals surface area (Å²) in [5.41, 5.74) is -3.29. The van der Waals surface area contributed by atoms with E-state index < -0.39 is 35.0 Å². The van der Waals surface area contributed by atoms with Gasteiger partial charge in [0.05, 0.1) is 17.7 Å². The first-order valence-electron chi connectivity index (χ1n) is 11.2. The fourth-order valence-corrected chi connectivity index (χ4v) is 3.98. The van der Waals surface area contributed by atoms with Crippen LogP contribution in [0.2, 0.25) is 0 Å². The minimum atomic E-state index is -5.02. The lowest BCUT2D eigenvalue weighted by Crippen LogP contribution is -2.35. The van der Waals surface area contributed by atoms with Crippen LogP contribution in [0.4, 0.5) is 32.2 Å². The smallest absolute Gasteiger partial charge is 0.352 e. The number of aryl methyl sites for hydroxylation is 1. The van der Waals surface area contributed by atoms with E-state index in [1.165, 1.54) is 0 Å². The van der Waals surface area contributed by atoms with Gasteiger partial charge in [0.25, 0.3) is 5.91 Å². The molecule has 8 nitrogen and oxygen atoms in total. The summed E-state index contributed by atoms with van der Waals surface area (Å²) < 4.78 is 82.6. The molecule has 0 spiro atoms. The molecule has 0 unspecified atom stereocenters. The lowest BCUT2D eigenvalue weighted by molar-refractivity contribution is -0.143. The molecule has 1 aliphatic rings. The van der Waals surface area contributed by atoms with E-state index in [0.717, 1.165) is 25.7 Å². The molecule has 2 amide bonds. The molecule has 3 N–H and O–H groups in total. The molecule has 0 saturated heterocycles. The summed E-state index contributed by atoms with van der Waals surface area (Å²) >= 11 is 0. The number of aromatic nitrogens is 2. The van der Waals surface area contributed by atoms with E-state index in [1.54, 1.807) is 6.92 Å². The quantitative estimate of drug-likeness (QED) is 0.450. The molecule has 14 heteroatoms. The monoisotopic (exact) mass is 521 g/mol. The number of nitrogens with one attached hydrogen (secondary N) is 3. The molecule has 198 valence electrons. The summed E-state index contributed by atoms with van der Waals surface area (Å²) in [6.45, 7) is 2.44. The highest BCUT2D eigenvalue weighted by molar-refractivity contribution is 5.94. The van der Waals surface area contributed by atoms with Crippen LogP contribution in [0.3, 0.4) is 0 Å². The van der Waals surface area contributed by atoms with Crippen LogP contribution in [0.1, 0.15) is 52.9 Å². The second kappa shape index (κ2) is 11.3. The molecule has 1 aliphatic carbocycles. The maximum absolute atomic E-state index is 13.0. The summed E-state index contributed by atoms with van der Waals surface area (Å²) in [4.78, 5) is 24.3. The second-order valence-electron chi connectivity index (χ2n) is 8.77. The summed E-state index contributed by atoms with van der Waals surface area (Å²) in [5, 5.41) is 15.2. The van der Waals surface area contributed by atoms with Gasteiger partial charge in [0.2, 0.25) is 5.91 Å². The van der Waals surface area contributed by atoms with Gasteiger partial charge in [0, 0.05) is 12.1 Å². The fraction of sp³-hybridized carbons (Fsp3) is 0.545. The number of anilines is 1. The van der Waals surface area contributed by atoms with Crippen molar-refractivity contribution in [1.82, 2.24) is 20.9 Å². The van der Waals surface area contributed by atoms with Gasteiger partial charge >= 0.3 is 12.4 Å². The summed E-state index contributed by atoms with van der Waals surface area (Å²) in [5.74, 6) is -0.696. The summed E-state index contributed by atoms with van der Waals surface area (Å²) in [6, 6.07) is 0.829. The van der Waals surface area contributed by atoms with Gasteiger partial charge in [-0.3, -0.25) is 9.59 Å². The van der Waals surface area contributed by atoms with E-state index in [9.17, 15) is 35.9 Å². The predicted octanol–water partition coefficient (Wildman–Crippen LogP) is 4.18. The number of alkyl halides is 6. The molecule has 1 saturated carbocycles. The Morgan fingerprint density at radius 1 is 0.917 bits per heavy atom. The molecule has 0 aliphatic heterocycles. The Bertz CT molecular complexity index is 1030. The maximum atomic E-state index is 13.0. The zero-order valence-corrected chi connectivity index (χ0v) is 19.2. The van der Waals surface area contributed by atoms with E-state index in [1.807, 2.05) is 0 Å². The predicted molar refractivity (Wildman–Crippen MR) is 115 cm³/mol. The number of hydrogen-bond donors (Lipinski definition) is 3. The van der Waals surface area contributed by atoms with E-state index in [-0.39, 0.29) is 42.7 Å². The van der Waals surface area contributed by atoms with Gasteiger partial charge < -0.3 is 16.0 Å². The van der Waals surface area contributed by atoms with Crippen LogP contribution in [0.25, 0.3) is 0 Å². The van der Waals surface area contributed by atoms with Crippen molar-refractivity contribution in [3.8, 4) is 0 Å². The van der Waals surface area contributed by atoms with Crippen molar-refractivity contribution >= 4 is 17.6 Å². The number of halogens is 6. The van der Waals surface area contributed by atoms with Crippen LogP contribution < -0.4 is 16.0 Å². The number of amides is 2. The lowest BCUT2D eigenvalue weighted by atomic mass is 9.82. The van der Waals surface area contributed by atoms with Crippen molar-refractivity contribution in [1.29, 1.82) is 0 Å². The molecular weight excluding hydrogens is 496 g/mol. The van der Waals surface area contributed by atoms with Crippen LogP contribution in [-0.2, 0) is 17.1 Å². The van der Waals surface area contributed by atoms with Crippen molar-refractivity contribution in [3.05, 3.63) is 40.6 Å². The van der Waals surface area contributed by atoms with Gasteiger partial charge in [-0.15, -0.1) is 0 Å². The number of rotatable bonds is 8. The Hall–Kier alpha value is -3.16. The molecule has 1 heterocycles. The molecule has 0 radical (unpaired) electrons. The largest absolute Gasteiger partial charge is 0.416 e. The van der Waals surface area contributed by atoms with Crippen molar-refractivity contribution in [2.75, 3.05) is 25.0 Å². The third-order valence-corrected chi connectivity index (χ3v) is 6.00. The number of carbonyl (C=O) groups excluding carboxylic acids is 2. The number of nitrogens with zero attached hydrogens (tertiary/aromatic N) is 2. The Morgan fingerprint density at radius 2 is 1.47 bits per heavy atom. The molecule has 0 atom stereocenters. The standard InChI is InChI=1S/C22H25F6N5O3/c1-12-19(33-36-32-12)31-18(34)11-29-9-13-2-4-14(5-3-13)10-30-20(35)15-6-16(21(23,24)25)8-17(7-15)22(26,27)28/h6-8,13-14,29H,2-5,9-11H2,1H3,(H,30,35)(H,31,33,34). The molecule has 1 aromatic carbocycles. The van der Waals surface area contributed by atoms with Crippen LogP contribution in [0.5, 0.6) is 0 Å². The molecule has 2 aromatic rings. The van der Waals surface area contributed by atoms with Crippen molar-refractivity contribution < 1.29 is 40.6 Å². The van der Waals surface area contributed by atoms with E-state index >= 15 is 0 Å². The Morgan fingerprint density at radius 3 is 1.97 bits per heavy atom. The van der Waals surface area contributed by atoms with Gasteiger partial charge in [0.15, 0.2) is 5.82 Å². The molecule has 0 bridgehead atoms. The highest BCUT2D eigenvalue weighted by Gasteiger charge is 2.37. The van der Waals surface area contributed by atoms with Gasteiger partial charge in [-0.25, -0.2) is 4.63 Å². The van der Waals surface area contributed by atoms with Crippen LogP contribution in [-0.4, -0.2) is 41.8 Å². The SMILES string of the molecule is Cc1nonc1NC(=O)CNCC1CCC(CNC(=O)c2cc(C(F)(F)F)cc(C(F)(F)F)c2)CC1. The first-order valence-corrected chi connectivity index (χ1v) is 11.2. The normalized spacial score (nSPS) is 18.6. The Kier molecular flexibility index (Phi) is 8.59. The van der Waals surface area contributed by atoms with Gasteiger partial charge in [0.1, 0.15) is 5.69 Å². The number of benzene rings is 1. The lowest BCUT2D eigenvalue weighted by Gasteiger charge is -2.28. The summed E-state index contributed by atoms with van der Waals surface area (Å²) in [7, 11) is 0. The van der Waals surface area contributed by atoms with Gasteiger partial charge in [-0.1, -0.05) is 5.16 Å². The van der Waals surface area contributed by atoms with E-state index in [0.29, 0.717) is 24.4 Å². The number of hydrogen-bond acceptors (Lipinski definition) is 6. The van der Waals surface area contributed by atoms with Crippen LogP contribution >= 0.6 is 0 Å². The third kappa shape index (κ3) is 7.67. The summed E-state index contributed by atoms with van der Waals surface area (Å²) in [6.07, 6.45) is -7.00. The highest BCUT2D eigenvalue weighted by Crippen LogP contribution is 2.36. The zero-order valence-electron chi connectivity index (χ0n) is 19.2. The van der Waals surface area contributed by atoms with Gasteiger partial charge in [-0.05, 0) is 74.3 Å². The van der Waals surface area contributed by atoms with Crippen molar-refractivity contribution in [2.24, 2.45) is 11.8 Å². The average molecular weight is 521 g/mol. The van der Waals surface area contributed by atoms with Gasteiger partial charge in [-0.2, -0.15) is 26.3 Å². The first-order chi connectivity index (χ1) is 16.8. The molecule has 1 fully saturated rings. The van der Waals surface area contributed by atoms with E-state index in [4.69, 9.17) is 0 Å². The minimum Gasteiger partial charge on any atom is -0.352 e. The fourth-order valence-electron chi connectivity index (χ4n) is 3.98. The van der Waals surface area contributed by atoms with Crippen LogP contribution in [0.15, 0.2) is 22.8 Å². The molecule has 3 rings (SSSR count). The third-order valence-electron chi connectivity index (χ3n) is 6.00. The zero-order chi connectivity index (χ0) is 26.5. The highest BCUT2D eigenvalue weighted by atomic mass is 19.4. The van der Waals surface area contributed by atoms with Crippen LogP contribution in [0, 0.1) is 18.8 Å². The Balaban J connectivity index is 1.43. The van der Waals surface area contributed by atoms with Crippen molar-refractivity contribution in [3.63, 3.8) is 0 Å². The van der Waals surface area contributed by atoms with E-state index in [2.05, 4.69) is 30.9 Å². The average Bonchev–Trinajstić information content (AvgIpc) is 3.21. The minimum absolute atomic E-state index is 0.0116. The molecule has 36 heavy (non-hydrogen) atoms. The maximum Gasteiger partial charge on any atom is 0.416 e. The molecule has 1 aromatic heterocycles. The van der Waals surface area contributed by atoms with Crippen molar-refractivity contribution in [2.45, 2.75) is 45.0 Å². The second-order valence-corrected chi connectivity index (χ2v) is 8.77. The Labute approximate surface area is 202 Å².